The van der Waals surface area contributed by atoms with Crippen molar-refractivity contribution in [3.05, 3.63) is 35.9 Å². The summed E-state index contributed by atoms with van der Waals surface area (Å²) in [5, 5.41) is 23.6. The van der Waals surface area contributed by atoms with E-state index in [2.05, 4.69) is 10.6 Å². The van der Waals surface area contributed by atoms with Crippen LogP contribution in [0.1, 0.15) is 37.7 Å². The monoisotopic (exact) mass is 522 g/mol. The maximum Gasteiger partial charge on any atom is 0.326 e. The number of nitrogens with one attached hydrogen (secondary N) is 2. The van der Waals surface area contributed by atoms with Crippen molar-refractivity contribution in [2.75, 3.05) is 18.6 Å². The Balaban J connectivity index is 2.15. The first-order chi connectivity index (χ1) is 17.1. The number of carbonyl (C=O) groups is 5. The van der Waals surface area contributed by atoms with Crippen LogP contribution in [-0.4, -0.2) is 87.5 Å². The molecule has 0 spiro atoms. The lowest BCUT2D eigenvalue weighted by Gasteiger charge is -2.28. The predicted octanol–water partition coefficient (Wildman–Crippen LogP) is 0.220. The lowest BCUT2D eigenvalue weighted by Crippen LogP contribution is -2.57. The number of thioether (sulfide) groups is 1. The molecule has 1 saturated heterocycles. The molecule has 3 amide bonds. The molecule has 11 nitrogen and oxygen atoms in total. The third-order valence-electron chi connectivity index (χ3n) is 5.97. The van der Waals surface area contributed by atoms with Gasteiger partial charge in [0.05, 0.1) is 6.04 Å². The molecule has 1 fully saturated rings. The molecule has 0 aromatic heterocycles. The summed E-state index contributed by atoms with van der Waals surface area (Å²) < 4.78 is 0. The Hall–Kier alpha value is -3.12. The SMILES string of the molecule is CSCCC(NC(=O)C(Cc1ccccc1)NC(=O)C1CCCN1C(=O)C(N)CCC(=O)O)C(=O)O. The van der Waals surface area contributed by atoms with Gasteiger partial charge in [-0.05, 0) is 43.3 Å². The summed E-state index contributed by atoms with van der Waals surface area (Å²) in [6.07, 6.45) is 2.80. The summed E-state index contributed by atoms with van der Waals surface area (Å²) in [4.78, 5) is 62.9. The molecule has 1 heterocycles. The van der Waals surface area contributed by atoms with Gasteiger partial charge in [-0.2, -0.15) is 11.8 Å². The number of likely N-dealkylation sites (tertiary alicyclic amines) is 1. The van der Waals surface area contributed by atoms with E-state index in [-0.39, 0.29) is 25.7 Å². The maximum absolute atomic E-state index is 13.2. The second-order valence-corrected chi connectivity index (χ2v) is 9.65. The molecule has 0 aliphatic carbocycles. The Labute approximate surface area is 214 Å². The van der Waals surface area contributed by atoms with Crippen molar-refractivity contribution in [1.82, 2.24) is 15.5 Å². The van der Waals surface area contributed by atoms with Crippen LogP contribution in [0.25, 0.3) is 0 Å². The van der Waals surface area contributed by atoms with Gasteiger partial charge in [0.2, 0.25) is 17.7 Å². The third kappa shape index (κ3) is 8.83. The molecule has 0 bridgehead atoms. The van der Waals surface area contributed by atoms with Gasteiger partial charge in [0.15, 0.2) is 0 Å². The van der Waals surface area contributed by atoms with E-state index in [1.54, 1.807) is 24.3 Å². The molecule has 0 radical (unpaired) electrons. The van der Waals surface area contributed by atoms with E-state index in [4.69, 9.17) is 10.8 Å². The van der Waals surface area contributed by atoms with Crippen LogP contribution in [0.5, 0.6) is 0 Å². The summed E-state index contributed by atoms with van der Waals surface area (Å²) in [6, 6.07) is 4.92. The first-order valence-corrected chi connectivity index (χ1v) is 13.2. The number of amides is 3. The van der Waals surface area contributed by atoms with E-state index >= 15 is 0 Å². The van der Waals surface area contributed by atoms with Crippen molar-refractivity contribution >= 4 is 41.4 Å². The molecular weight excluding hydrogens is 488 g/mol. The number of aliphatic carboxylic acids is 2. The summed E-state index contributed by atoms with van der Waals surface area (Å²) in [5.74, 6) is -3.38. The maximum atomic E-state index is 13.2. The second-order valence-electron chi connectivity index (χ2n) is 8.66. The minimum absolute atomic E-state index is 0.0509. The molecule has 1 aliphatic heterocycles. The zero-order chi connectivity index (χ0) is 26.7. The Morgan fingerprint density at radius 1 is 1.08 bits per heavy atom. The van der Waals surface area contributed by atoms with Crippen molar-refractivity contribution in [2.24, 2.45) is 5.73 Å². The standard InChI is InChI=1S/C24H34N4O7S/c1-36-13-11-17(24(34)35)26-21(31)18(14-15-6-3-2-4-7-15)27-22(32)19-8-5-12-28(19)23(33)16(25)9-10-20(29)30/h2-4,6-7,16-19H,5,8-14,25H2,1H3,(H,26,31)(H,27,32)(H,29,30)(H,34,35). The number of benzene rings is 1. The first-order valence-electron chi connectivity index (χ1n) is 11.8. The molecule has 0 saturated carbocycles. The Kier molecular flexibility index (Phi) is 11.7. The van der Waals surface area contributed by atoms with E-state index in [1.807, 2.05) is 12.3 Å². The average Bonchev–Trinajstić information content (AvgIpc) is 3.34. The molecule has 4 unspecified atom stereocenters. The van der Waals surface area contributed by atoms with Gasteiger partial charge >= 0.3 is 11.9 Å². The summed E-state index contributed by atoms with van der Waals surface area (Å²) in [6.45, 7) is 0.295. The van der Waals surface area contributed by atoms with Crippen LogP contribution in [0.15, 0.2) is 30.3 Å². The molecule has 1 aromatic rings. The van der Waals surface area contributed by atoms with E-state index in [1.165, 1.54) is 16.7 Å². The lowest BCUT2D eigenvalue weighted by atomic mass is 10.0. The number of carboxylic acids is 2. The normalized spacial score (nSPS) is 17.6. The van der Waals surface area contributed by atoms with E-state index in [0.29, 0.717) is 25.1 Å². The molecular formula is C24H34N4O7S. The summed E-state index contributed by atoms with van der Waals surface area (Å²) in [5.41, 5.74) is 6.64. The van der Waals surface area contributed by atoms with Gasteiger partial charge in [-0.25, -0.2) is 4.79 Å². The Morgan fingerprint density at radius 3 is 2.39 bits per heavy atom. The van der Waals surface area contributed by atoms with E-state index in [9.17, 15) is 29.1 Å². The van der Waals surface area contributed by atoms with Gasteiger partial charge in [-0.3, -0.25) is 19.2 Å². The van der Waals surface area contributed by atoms with Gasteiger partial charge in [-0.1, -0.05) is 30.3 Å². The van der Waals surface area contributed by atoms with Crippen molar-refractivity contribution < 1.29 is 34.2 Å². The molecule has 198 valence electrons. The molecule has 36 heavy (non-hydrogen) atoms. The smallest absolute Gasteiger partial charge is 0.326 e. The molecule has 4 atom stereocenters. The second kappa shape index (κ2) is 14.4. The number of nitrogens with two attached hydrogens (primary N) is 1. The highest BCUT2D eigenvalue weighted by Crippen LogP contribution is 2.20. The number of hydrogen-bond donors (Lipinski definition) is 5. The van der Waals surface area contributed by atoms with Gasteiger partial charge in [0.25, 0.3) is 0 Å². The van der Waals surface area contributed by atoms with Crippen LogP contribution in [-0.2, 0) is 30.4 Å². The quantitative estimate of drug-likeness (QED) is 0.228. The minimum atomic E-state index is -1.16. The van der Waals surface area contributed by atoms with Crippen LogP contribution in [0.4, 0.5) is 0 Å². The highest BCUT2D eigenvalue weighted by atomic mass is 32.2. The zero-order valence-corrected chi connectivity index (χ0v) is 21.0. The zero-order valence-electron chi connectivity index (χ0n) is 20.2. The molecule has 1 aromatic carbocycles. The largest absolute Gasteiger partial charge is 0.481 e. The molecule has 2 rings (SSSR count). The third-order valence-corrected chi connectivity index (χ3v) is 6.61. The fraction of sp³-hybridized carbons (Fsp3) is 0.542. The van der Waals surface area contributed by atoms with E-state index < -0.39 is 53.8 Å². The Morgan fingerprint density at radius 2 is 1.78 bits per heavy atom. The number of carboxylic acid groups (broad SMARTS) is 2. The van der Waals surface area contributed by atoms with Gasteiger partial charge < -0.3 is 31.5 Å². The number of hydrogen-bond acceptors (Lipinski definition) is 7. The van der Waals surface area contributed by atoms with Crippen LogP contribution in [0.3, 0.4) is 0 Å². The van der Waals surface area contributed by atoms with Crippen LogP contribution >= 0.6 is 11.8 Å². The summed E-state index contributed by atoms with van der Waals surface area (Å²) >= 11 is 1.46. The van der Waals surface area contributed by atoms with Crippen molar-refractivity contribution in [3.63, 3.8) is 0 Å². The van der Waals surface area contributed by atoms with Crippen molar-refractivity contribution in [2.45, 2.75) is 62.7 Å². The molecule has 1 aliphatic rings. The van der Waals surface area contributed by atoms with Crippen LogP contribution in [0, 0.1) is 0 Å². The minimum Gasteiger partial charge on any atom is -0.481 e. The lowest BCUT2D eigenvalue weighted by molar-refractivity contribution is -0.143. The average molecular weight is 523 g/mol. The van der Waals surface area contributed by atoms with Gasteiger partial charge in [0, 0.05) is 19.4 Å². The van der Waals surface area contributed by atoms with Gasteiger partial charge in [-0.15, -0.1) is 0 Å². The van der Waals surface area contributed by atoms with Crippen molar-refractivity contribution in [3.8, 4) is 0 Å². The Bertz CT molecular complexity index is 930. The highest BCUT2D eigenvalue weighted by Gasteiger charge is 2.38. The van der Waals surface area contributed by atoms with Crippen LogP contribution < -0.4 is 16.4 Å². The fourth-order valence-electron chi connectivity index (χ4n) is 4.01. The van der Waals surface area contributed by atoms with Gasteiger partial charge in [0.1, 0.15) is 18.1 Å². The van der Waals surface area contributed by atoms with E-state index in [0.717, 1.165) is 5.56 Å². The number of nitrogens with zero attached hydrogens (tertiary/aromatic N) is 1. The molecule has 12 heteroatoms. The van der Waals surface area contributed by atoms with Crippen molar-refractivity contribution in [1.29, 1.82) is 0 Å². The topological polar surface area (TPSA) is 179 Å². The number of carbonyl (C=O) groups excluding carboxylic acids is 3. The highest BCUT2D eigenvalue weighted by molar-refractivity contribution is 7.98. The summed E-state index contributed by atoms with van der Waals surface area (Å²) in [7, 11) is 0. The number of rotatable bonds is 14. The molecule has 6 N–H and O–H groups in total. The fourth-order valence-corrected chi connectivity index (χ4v) is 4.48. The predicted molar refractivity (Wildman–Crippen MR) is 134 cm³/mol. The van der Waals surface area contributed by atoms with Crippen LogP contribution in [0.2, 0.25) is 0 Å². The first kappa shape index (κ1) is 29.1.